The van der Waals surface area contributed by atoms with Gasteiger partial charge in [0.05, 0.1) is 24.9 Å². The summed E-state index contributed by atoms with van der Waals surface area (Å²) in [6.45, 7) is 1.70. The number of H-pyrrole nitrogens is 1. The Kier molecular flexibility index (Phi) is 4.75. The molecule has 2 heterocycles. The first-order valence-electron chi connectivity index (χ1n) is 7.35. The fourth-order valence-electron chi connectivity index (χ4n) is 2.66. The van der Waals surface area contributed by atoms with E-state index in [-0.39, 0.29) is 11.9 Å². The summed E-state index contributed by atoms with van der Waals surface area (Å²) >= 11 is 5.87. The number of morpholine rings is 1. The van der Waals surface area contributed by atoms with Gasteiger partial charge in [-0.3, -0.25) is 9.89 Å². The zero-order valence-corrected chi connectivity index (χ0v) is 12.9. The van der Waals surface area contributed by atoms with Gasteiger partial charge in [-0.1, -0.05) is 23.7 Å². The van der Waals surface area contributed by atoms with E-state index in [4.69, 9.17) is 16.3 Å². The molecule has 0 spiro atoms. The molecular formula is C16H18ClN3O2. The van der Waals surface area contributed by atoms with Gasteiger partial charge in [0.2, 0.25) is 5.91 Å². The summed E-state index contributed by atoms with van der Waals surface area (Å²) in [5.74, 6) is 0.137. The molecule has 0 radical (unpaired) electrons. The van der Waals surface area contributed by atoms with E-state index in [2.05, 4.69) is 10.2 Å². The maximum atomic E-state index is 12.6. The van der Waals surface area contributed by atoms with Crippen molar-refractivity contribution < 1.29 is 9.53 Å². The Morgan fingerprint density at radius 3 is 2.91 bits per heavy atom. The highest BCUT2D eigenvalue weighted by Gasteiger charge is 2.29. The Morgan fingerprint density at radius 1 is 1.36 bits per heavy atom. The standard InChI is InChI=1S/C16H18ClN3O2/c17-13-4-1-12(2-5-13)3-6-16(21)20-9-10-22-11-15(20)14-7-8-18-19-14/h1-2,4-5,7-8,15H,3,6,9-11H2,(H,18,19)/t15-/m0/s1. The summed E-state index contributed by atoms with van der Waals surface area (Å²) < 4.78 is 5.51. The van der Waals surface area contributed by atoms with Crippen LogP contribution < -0.4 is 0 Å². The van der Waals surface area contributed by atoms with Gasteiger partial charge in [0.15, 0.2) is 0 Å². The van der Waals surface area contributed by atoms with Crippen LogP contribution in [0.15, 0.2) is 36.5 Å². The van der Waals surface area contributed by atoms with Crippen molar-refractivity contribution in [2.45, 2.75) is 18.9 Å². The van der Waals surface area contributed by atoms with Gasteiger partial charge in [0.25, 0.3) is 0 Å². The number of aryl methyl sites for hydroxylation is 1. The van der Waals surface area contributed by atoms with Crippen LogP contribution in [-0.4, -0.2) is 40.8 Å². The van der Waals surface area contributed by atoms with Crippen molar-refractivity contribution in [2.24, 2.45) is 0 Å². The number of hydrogen-bond donors (Lipinski definition) is 1. The van der Waals surface area contributed by atoms with Gasteiger partial charge >= 0.3 is 0 Å². The van der Waals surface area contributed by atoms with Crippen LogP contribution in [0.4, 0.5) is 0 Å². The Labute approximate surface area is 134 Å². The fraction of sp³-hybridized carbons (Fsp3) is 0.375. The molecule has 6 heteroatoms. The Morgan fingerprint density at radius 2 is 2.18 bits per heavy atom. The van der Waals surface area contributed by atoms with E-state index < -0.39 is 0 Å². The Balaban J connectivity index is 1.63. The van der Waals surface area contributed by atoms with Crippen LogP contribution in [-0.2, 0) is 16.0 Å². The summed E-state index contributed by atoms with van der Waals surface area (Å²) in [5.41, 5.74) is 2.03. The molecule has 1 atom stereocenters. The van der Waals surface area contributed by atoms with Crippen molar-refractivity contribution in [1.82, 2.24) is 15.1 Å². The van der Waals surface area contributed by atoms with E-state index in [1.807, 2.05) is 35.2 Å². The number of amides is 1. The van der Waals surface area contributed by atoms with Gasteiger partial charge in [-0.2, -0.15) is 5.10 Å². The van der Waals surface area contributed by atoms with Crippen LogP contribution in [0.5, 0.6) is 0 Å². The monoisotopic (exact) mass is 319 g/mol. The first kappa shape index (κ1) is 15.1. The molecule has 0 aliphatic carbocycles. The van der Waals surface area contributed by atoms with Gasteiger partial charge < -0.3 is 9.64 Å². The summed E-state index contributed by atoms with van der Waals surface area (Å²) in [7, 11) is 0. The third kappa shape index (κ3) is 3.48. The molecule has 0 bridgehead atoms. The molecule has 22 heavy (non-hydrogen) atoms. The molecule has 0 saturated carbocycles. The number of aromatic amines is 1. The molecule has 3 rings (SSSR count). The molecule has 116 valence electrons. The van der Waals surface area contributed by atoms with Crippen LogP contribution >= 0.6 is 11.6 Å². The molecule has 0 unspecified atom stereocenters. The number of aromatic nitrogens is 2. The highest BCUT2D eigenvalue weighted by Crippen LogP contribution is 2.23. The van der Waals surface area contributed by atoms with E-state index in [9.17, 15) is 4.79 Å². The van der Waals surface area contributed by atoms with E-state index in [1.165, 1.54) is 0 Å². The minimum absolute atomic E-state index is 0.0750. The smallest absolute Gasteiger partial charge is 0.223 e. The minimum Gasteiger partial charge on any atom is -0.377 e. The molecule has 1 aliphatic heterocycles. The highest BCUT2D eigenvalue weighted by atomic mass is 35.5. The van der Waals surface area contributed by atoms with Gasteiger partial charge in [-0.05, 0) is 30.2 Å². The molecule has 2 aromatic rings. The zero-order valence-electron chi connectivity index (χ0n) is 12.2. The largest absolute Gasteiger partial charge is 0.377 e. The second kappa shape index (κ2) is 6.94. The molecule has 1 aromatic heterocycles. The summed E-state index contributed by atoms with van der Waals surface area (Å²) in [6, 6.07) is 9.43. The maximum absolute atomic E-state index is 12.6. The number of carbonyl (C=O) groups excluding carboxylic acids is 1. The van der Waals surface area contributed by atoms with Crippen LogP contribution in [0.1, 0.15) is 23.7 Å². The number of ether oxygens (including phenoxy) is 1. The molecule has 1 saturated heterocycles. The van der Waals surface area contributed by atoms with Crippen LogP contribution in [0.25, 0.3) is 0 Å². The van der Waals surface area contributed by atoms with Gasteiger partial charge in [0, 0.05) is 24.2 Å². The van der Waals surface area contributed by atoms with E-state index >= 15 is 0 Å². The van der Waals surface area contributed by atoms with Gasteiger partial charge in [0.1, 0.15) is 0 Å². The lowest BCUT2D eigenvalue weighted by Crippen LogP contribution is -2.43. The first-order chi connectivity index (χ1) is 10.7. The summed E-state index contributed by atoms with van der Waals surface area (Å²) in [5, 5.41) is 7.61. The van der Waals surface area contributed by atoms with Crippen molar-refractivity contribution in [3.63, 3.8) is 0 Å². The van der Waals surface area contributed by atoms with Gasteiger partial charge in [-0.25, -0.2) is 0 Å². The molecular weight excluding hydrogens is 302 g/mol. The van der Waals surface area contributed by atoms with Crippen molar-refractivity contribution in [3.8, 4) is 0 Å². The number of nitrogens with zero attached hydrogens (tertiary/aromatic N) is 2. The topological polar surface area (TPSA) is 58.2 Å². The second-order valence-electron chi connectivity index (χ2n) is 5.32. The molecule has 1 fully saturated rings. The number of hydrogen-bond acceptors (Lipinski definition) is 3. The first-order valence-corrected chi connectivity index (χ1v) is 7.73. The minimum atomic E-state index is -0.0750. The number of carbonyl (C=O) groups is 1. The summed E-state index contributed by atoms with van der Waals surface area (Å²) in [6.07, 6.45) is 2.88. The quantitative estimate of drug-likeness (QED) is 0.942. The maximum Gasteiger partial charge on any atom is 0.223 e. The van der Waals surface area contributed by atoms with Crippen LogP contribution in [0.3, 0.4) is 0 Å². The highest BCUT2D eigenvalue weighted by molar-refractivity contribution is 6.30. The normalized spacial score (nSPS) is 18.4. The molecule has 1 aromatic carbocycles. The lowest BCUT2D eigenvalue weighted by atomic mass is 10.1. The van der Waals surface area contributed by atoms with E-state index in [0.717, 1.165) is 11.3 Å². The lowest BCUT2D eigenvalue weighted by Gasteiger charge is -2.35. The third-order valence-corrected chi connectivity index (χ3v) is 4.12. The second-order valence-corrected chi connectivity index (χ2v) is 5.75. The Bertz CT molecular complexity index is 613. The Hall–Kier alpha value is -1.85. The van der Waals surface area contributed by atoms with Crippen molar-refractivity contribution in [1.29, 1.82) is 0 Å². The fourth-order valence-corrected chi connectivity index (χ4v) is 2.78. The molecule has 1 aliphatic rings. The number of halogens is 1. The lowest BCUT2D eigenvalue weighted by molar-refractivity contribution is -0.140. The van der Waals surface area contributed by atoms with Crippen LogP contribution in [0, 0.1) is 0 Å². The molecule has 1 amide bonds. The third-order valence-electron chi connectivity index (χ3n) is 3.87. The molecule has 1 N–H and O–H groups in total. The number of nitrogens with one attached hydrogen (secondary N) is 1. The van der Waals surface area contributed by atoms with E-state index in [1.54, 1.807) is 6.20 Å². The van der Waals surface area contributed by atoms with Crippen molar-refractivity contribution in [2.75, 3.05) is 19.8 Å². The van der Waals surface area contributed by atoms with Crippen LogP contribution in [0.2, 0.25) is 5.02 Å². The SMILES string of the molecule is O=C(CCc1ccc(Cl)cc1)N1CCOC[C@H]1c1ccn[nH]1. The predicted octanol–water partition coefficient (Wildman–Crippen LogP) is 2.60. The zero-order chi connectivity index (χ0) is 15.4. The number of rotatable bonds is 4. The summed E-state index contributed by atoms with van der Waals surface area (Å²) in [4.78, 5) is 14.4. The van der Waals surface area contributed by atoms with Gasteiger partial charge in [-0.15, -0.1) is 0 Å². The number of benzene rings is 1. The average Bonchev–Trinajstić information content (AvgIpc) is 3.08. The van der Waals surface area contributed by atoms with E-state index in [0.29, 0.717) is 37.6 Å². The molecule has 5 nitrogen and oxygen atoms in total. The predicted molar refractivity (Wildman–Crippen MR) is 83.6 cm³/mol. The average molecular weight is 320 g/mol. The van der Waals surface area contributed by atoms with Crippen molar-refractivity contribution in [3.05, 3.63) is 52.8 Å². The van der Waals surface area contributed by atoms with Crippen molar-refractivity contribution >= 4 is 17.5 Å².